The quantitative estimate of drug-likeness (QED) is 0.479. The molecule has 1 saturated carbocycles. The highest BCUT2D eigenvalue weighted by atomic mass is 16.5. The van der Waals surface area contributed by atoms with Crippen LogP contribution in [0.3, 0.4) is 0 Å². The van der Waals surface area contributed by atoms with Crippen molar-refractivity contribution in [3.63, 3.8) is 0 Å². The molecule has 3 aromatic rings. The van der Waals surface area contributed by atoms with Crippen LogP contribution in [0.15, 0.2) is 60.7 Å². The molecule has 0 aromatic heterocycles. The molecule has 5 rings (SSSR count). The van der Waals surface area contributed by atoms with Gasteiger partial charge in [0, 0.05) is 22.6 Å². The number of carbonyl (C=O) groups is 4. The second kappa shape index (κ2) is 8.50. The first-order valence-corrected chi connectivity index (χ1v) is 11.0. The van der Waals surface area contributed by atoms with Crippen LogP contribution in [0.25, 0.3) is 10.8 Å². The Labute approximate surface area is 190 Å². The van der Waals surface area contributed by atoms with Crippen LogP contribution in [0.1, 0.15) is 56.8 Å². The fraction of sp³-hybridized carbons (Fsp3) is 0.231. The summed E-state index contributed by atoms with van der Waals surface area (Å²) >= 11 is 0. The van der Waals surface area contributed by atoms with Gasteiger partial charge in [-0.3, -0.25) is 14.4 Å². The fourth-order valence-electron chi connectivity index (χ4n) is 4.57. The van der Waals surface area contributed by atoms with E-state index in [1.807, 2.05) is 12.1 Å². The molecule has 0 unspecified atom stereocenters. The molecule has 1 fully saturated rings. The molecule has 7 nitrogen and oxygen atoms in total. The first-order chi connectivity index (χ1) is 16.0. The standard InChI is InChI=1S/C26H22N2O5/c29-22(27-18-7-1-2-8-18)15-33-26(32)17-11-13-19(14-12-17)28-24(30)20-9-3-5-16-6-4-10-21(23(16)20)25(28)31/h3-6,9-14,18H,1-2,7-8,15H2,(H,27,29). The predicted octanol–water partition coefficient (Wildman–Crippen LogP) is 3.86. The van der Waals surface area contributed by atoms with Crippen LogP contribution in [0.2, 0.25) is 0 Å². The number of esters is 1. The third kappa shape index (κ3) is 3.86. The van der Waals surface area contributed by atoms with Crippen molar-refractivity contribution in [1.29, 1.82) is 0 Å². The zero-order valence-electron chi connectivity index (χ0n) is 17.9. The molecular formula is C26H22N2O5. The van der Waals surface area contributed by atoms with Gasteiger partial charge >= 0.3 is 5.97 Å². The van der Waals surface area contributed by atoms with Gasteiger partial charge in [0.2, 0.25) is 0 Å². The molecule has 0 saturated heterocycles. The average Bonchev–Trinajstić information content (AvgIpc) is 3.34. The summed E-state index contributed by atoms with van der Waals surface area (Å²) in [6.45, 7) is -0.346. The number of hydrogen-bond acceptors (Lipinski definition) is 5. The Morgan fingerprint density at radius 3 is 2.09 bits per heavy atom. The van der Waals surface area contributed by atoms with Gasteiger partial charge in [0.1, 0.15) is 0 Å². The average molecular weight is 442 g/mol. The zero-order valence-corrected chi connectivity index (χ0v) is 17.9. The minimum absolute atomic E-state index is 0.158. The molecule has 166 valence electrons. The number of imide groups is 1. The number of amides is 3. The van der Waals surface area contributed by atoms with E-state index < -0.39 is 17.8 Å². The largest absolute Gasteiger partial charge is 0.452 e. The van der Waals surface area contributed by atoms with Crippen molar-refractivity contribution in [1.82, 2.24) is 5.32 Å². The summed E-state index contributed by atoms with van der Waals surface area (Å²) in [5, 5.41) is 4.36. The number of anilines is 1. The summed E-state index contributed by atoms with van der Waals surface area (Å²) in [6, 6.07) is 16.9. The molecular weight excluding hydrogens is 420 g/mol. The number of ether oxygens (including phenoxy) is 1. The number of benzene rings is 3. The summed E-state index contributed by atoms with van der Waals surface area (Å²) in [5.74, 6) is -1.79. The maximum Gasteiger partial charge on any atom is 0.338 e. The lowest BCUT2D eigenvalue weighted by Gasteiger charge is -2.27. The lowest BCUT2D eigenvalue weighted by atomic mass is 9.94. The molecule has 1 heterocycles. The number of nitrogens with zero attached hydrogens (tertiary/aromatic N) is 1. The highest BCUT2D eigenvalue weighted by molar-refractivity contribution is 6.35. The van der Waals surface area contributed by atoms with Crippen molar-refractivity contribution in [3.05, 3.63) is 77.4 Å². The Hall–Kier alpha value is -4.00. The van der Waals surface area contributed by atoms with E-state index in [0.29, 0.717) is 22.2 Å². The maximum atomic E-state index is 13.1. The van der Waals surface area contributed by atoms with E-state index >= 15 is 0 Å². The molecule has 0 radical (unpaired) electrons. The lowest BCUT2D eigenvalue weighted by molar-refractivity contribution is -0.124. The molecule has 2 aliphatic rings. The Balaban J connectivity index is 1.30. The summed E-state index contributed by atoms with van der Waals surface area (Å²) in [7, 11) is 0. The van der Waals surface area contributed by atoms with Gasteiger partial charge in [0.15, 0.2) is 6.61 Å². The van der Waals surface area contributed by atoms with Crippen LogP contribution in [0.5, 0.6) is 0 Å². The van der Waals surface area contributed by atoms with Gasteiger partial charge in [-0.25, -0.2) is 9.69 Å². The van der Waals surface area contributed by atoms with Crippen LogP contribution < -0.4 is 10.2 Å². The molecule has 0 spiro atoms. The molecule has 1 N–H and O–H groups in total. The lowest BCUT2D eigenvalue weighted by Crippen LogP contribution is -2.40. The molecule has 33 heavy (non-hydrogen) atoms. The van der Waals surface area contributed by atoms with Crippen molar-refractivity contribution in [3.8, 4) is 0 Å². The van der Waals surface area contributed by atoms with Gasteiger partial charge in [-0.05, 0) is 54.6 Å². The van der Waals surface area contributed by atoms with Crippen LogP contribution in [0.4, 0.5) is 5.69 Å². The molecule has 3 aromatic carbocycles. The van der Waals surface area contributed by atoms with Gasteiger partial charge < -0.3 is 10.1 Å². The van der Waals surface area contributed by atoms with Crippen molar-refractivity contribution in [2.75, 3.05) is 11.5 Å². The first kappa shape index (κ1) is 20.9. The number of rotatable bonds is 5. The first-order valence-electron chi connectivity index (χ1n) is 11.0. The normalized spacial score (nSPS) is 15.7. The van der Waals surface area contributed by atoms with Crippen molar-refractivity contribution >= 4 is 40.2 Å². The molecule has 0 atom stereocenters. The Kier molecular flexibility index (Phi) is 5.38. The Morgan fingerprint density at radius 1 is 0.879 bits per heavy atom. The van der Waals surface area contributed by atoms with E-state index in [1.165, 1.54) is 24.3 Å². The van der Waals surface area contributed by atoms with E-state index in [0.717, 1.165) is 36.0 Å². The third-order valence-corrected chi connectivity index (χ3v) is 6.19. The van der Waals surface area contributed by atoms with E-state index in [1.54, 1.807) is 24.3 Å². The van der Waals surface area contributed by atoms with Crippen molar-refractivity contribution in [2.45, 2.75) is 31.7 Å². The third-order valence-electron chi connectivity index (χ3n) is 6.19. The maximum absolute atomic E-state index is 13.1. The van der Waals surface area contributed by atoms with Gasteiger partial charge in [0.25, 0.3) is 17.7 Å². The highest BCUT2D eigenvalue weighted by Gasteiger charge is 2.33. The molecule has 0 bridgehead atoms. The smallest absolute Gasteiger partial charge is 0.338 e. The van der Waals surface area contributed by atoms with E-state index in [-0.39, 0.29) is 24.1 Å². The van der Waals surface area contributed by atoms with Crippen molar-refractivity contribution < 1.29 is 23.9 Å². The second-order valence-electron chi connectivity index (χ2n) is 8.33. The predicted molar refractivity (Wildman–Crippen MR) is 122 cm³/mol. The summed E-state index contributed by atoms with van der Waals surface area (Å²) in [4.78, 5) is 51.7. The van der Waals surface area contributed by atoms with Gasteiger partial charge in [-0.15, -0.1) is 0 Å². The van der Waals surface area contributed by atoms with Gasteiger partial charge in [-0.1, -0.05) is 37.1 Å². The molecule has 1 aliphatic heterocycles. The number of hydrogen-bond donors (Lipinski definition) is 1. The topological polar surface area (TPSA) is 92.8 Å². The van der Waals surface area contributed by atoms with Crippen LogP contribution >= 0.6 is 0 Å². The Morgan fingerprint density at radius 2 is 1.48 bits per heavy atom. The summed E-state index contributed by atoms with van der Waals surface area (Å²) < 4.78 is 5.11. The van der Waals surface area contributed by atoms with E-state index in [2.05, 4.69) is 5.32 Å². The summed E-state index contributed by atoms with van der Waals surface area (Å²) in [6.07, 6.45) is 4.10. The van der Waals surface area contributed by atoms with E-state index in [9.17, 15) is 19.2 Å². The van der Waals surface area contributed by atoms with Gasteiger partial charge in [0.05, 0.1) is 11.3 Å². The summed E-state index contributed by atoms with van der Waals surface area (Å²) in [5.41, 5.74) is 1.50. The van der Waals surface area contributed by atoms with Crippen LogP contribution in [-0.2, 0) is 9.53 Å². The molecule has 1 aliphatic carbocycles. The van der Waals surface area contributed by atoms with Crippen LogP contribution in [-0.4, -0.2) is 36.3 Å². The molecule has 3 amide bonds. The Bertz CT molecular complexity index is 1220. The molecule has 7 heteroatoms. The van der Waals surface area contributed by atoms with Crippen LogP contribution in [0, 0.1) is 0 Å². The monoisotopic (exact) mass is 442 g/mol. The SMILES string of the molecule is O=C(COC(=O)c1ccc(N2C(=O)c3cccc4cccc(c34)C2=O)cc1)NC1CCCC1. The minimum atomic E-state index is -0.644. The minimum Gasteiger partial charge on any atom is -0.452 e. The zero-order chi connectivity index (χ0) is 22.9. The fourth-order valence-corrected chi connectivity index (χ4v) is 4.57. The van der Waals surface area contributed by atoms with Gasteiger partial charge in [-0.2, -0.15) is 0 Å². The second-order valence-corrected chi connectivity index (χ2v) is 8.33. The highest BCUT2D eigenvalue weighted by Crippen LogP contribution is 2.32. The number of nitrogens with one attached hydrogen (secondary N) is 1. The van der Waals surface area contributed by atoms with Crippen molar-refractivity contribution in [2.24, 2.45) is 0 Å². The van der Waals surface area contributed by atoms with E-state index in [4.69, 9.17) is 4.74 Å². The number of carbonyl (C=O) groups excluding carboxylic acids is 4.